The molecule has 0 fully saturated rings. The third-order valence-electron chi connectivity index (χ3n) is 6.50. The van der Waals surface area contributed by atoms with Gasteiger partial charge in [-0.05, 0) is 56.3 Å². The maximum absolute atomic E-state index is 13.8. The standard InChI is InChI=1S/C28H26Cl2N8O2/c1-18-8-10-21-27(31-18)33-28(32-21)24(14-19-6-4-3-5-7-19)36(2)17-26(40)37(12-13-39)23-15-20(29)9-11-22(23)38-16-25(30)34-35-38/h3-11,13,15-16,24H,12,14,17H2,1-2H3,(H,31,32,33). The molecule has 10 nitrogen and oxygen atoms in total. The maximum Gasteiger partial charge on any atom is 0.241 e. The van der Waals surface area contributed by atoms with Gasteiger partial charge in [0.15, 0.2) is 10.8 Å². The molecule has 1 amide bonds. The smallest absolute Gasteiger partial charge is 0.241 e. The zero-order valence-corrected chi connectivity index (χ0v) is 23.3. The van der Waals surface area contributed by atoms with E-state index in [0.717, 1.165) is 16.8 Å². The average molecular weight is 577 g/mol. The number of hydrogen-bond acceptors (Lipinski definition) is 7. The number of likely N-dealkylation sites (N-methyl/N-ethyl adjacent to an activating group) is 1. The molecule has 0 saturated heterocycles. The van der Waals surface area contributed by atoms with Crippen LogP contribution in [0.4, 0.5) is 5.69 Å². The summed E-state index contributed by atoms with van der Waals surface area (Å²) in [6.45, 7) is 1.73. The van der Waals surface area contributed by atoms with Gasteiger partial charge in [0, 0.05) is 10.7 Å². The molecule has 40 heavy (non-hydrogen) atoms. The minimum atomic E-state index is -0.313. The lowest BCUT2D eigenvalue weighted by molar-refractivity contribution is -0.121. The summed E-state index contributed by atoms with van der Waals surface area (Å²) >= 11 is 12.3. The lowest BCUT2D eigenvalue weighted by atomic mass is 10.0. The molecule has 2 aromatic carbocycles. The molecule has 0 spiro atoms. The number of aldehydes is 1. The van der Waals surface area contributed by atoms with Crippen molar-refractivity contribution in [2.75, 3.05) is 25.0 Å². The van der Waals surface area contributed by atoms with Crippen molar-refractivity contribution >= 4 is 52.2 Å². The summed E-state index contributed by atoms with van der Waals surface area (Å²) in [5, 5.41) is 8.43. The molecule has 0 aliphatic heterocycles. The predicted octanol–water partition coefficient (Wildman–Crippen LogP) is 4.60. The van der Waals surface area contributed by atoms with E-state index in [0.29, 0.717) is 40.6 Å². The van der Waals surface area contributed by atoms with Gasteiger partial charge in [0.05, 0.1) is 36.7 Å². The van der Waals surface area contributed by atoms with Crippen LogP contribution >= 0.6 is 23.2 Å². The van der Waals surface area contributed by atoms with Crippen molar-refractivity contribution in [3.8, 4) is 5.69 Å². The number of amides is 1. The van der Waals surface area contributed by atoms with E-state index in [1.807, 2.05) is 61.3 Å². The molecule has 12 heteroatoms. The third kappa shape index (κ3) is 6.04. The van der Waals surface area contributed by atoms with E-state index in [9.17, 15) is 9.59 Å². The molecule has 5 aromatic rings. The molecule has 3 heterocycles. The van der Waals surface area contributed by atoms with Crippen molar-refractivity contribution in [1.82, 2.24) is 34.8 Å². The van der Waals surface area contributed by atoms with Crippen LogP contribution in [0.15, 0.2) is 66.9 Å². The number of nitrogens with one attached hydrogen (secondary N) is 1. The van der Waals surface area contributed by atoms with E-state index in [4.69, 9.17) is 28.2 Å². The van der Waals surface area contributed by atoms with E-state index < -0.39 is 0 Å². The number of halogens is 2. The van der Waals surface area contributed by atoms with E-state index in [1.54, 1.807) is 18.2 Å². The number of fused-ring (bicyclic) bond motifs is 1. The molecule has 0 bridgehead atoms. The number of rotatable bonds is 10. The van der Waals surface area contributed by atoms with Gasteiger partial charge in [-0.2, -0.15) is 0 Å². The van der Waals surface area contributed by atoms with Crippen LogP contribution in [-0.4, -0.2) is 67.2 Å². The first-order chi connectivity index (χ1) is 19.3. The molecule has 3 aromatic heterocycles. The Hall–Kier alpha value is -4.12. The number of anilines is 1. The maximum atomic E-state index is 13.8. The van der Waals surface area contributed by atoms with E-state index in [2.05, 4.69) is 20.3 Å². The molecule has 1 atom stereocenters. The average Bonchev–Trinajstić information content (AvgIpc) is 3.56. The van der Waals surface area contributed by atoms with Crippen LogP contribution in [0, 0.1) is 6.92 Å². The summed E-state index contributed by atoms with van der Waals surface area (Å²) in [6, 6.07) is 18.5. The lowest BCUT2D eigenvalue weighted by Gasteiger charge is -2.30. The minimum Gasteiger partial charge on any atom is -0.325 e. The SMILES string of the molecule is Cc1ccc2nc(C(Cc3ccccc3)N(C)CC(=O)N(CC=O)c3cc(Cl)ccc3-n3cc(Cl)nn3)[nH]c2n1. The molecular formula is C28H26Cl2N8O2. The normalized spacial score (nSPS) is 12.1. The first-order valence-electron chi connectivity index (χ1n) is 12.5. The molecule has 5 rings (SSSR count). The molecule has 0 radical (unpaired) electrons. The van der Waals surface area contributed by atoms with Gasteiger partial charge in [0.25, 0.3) is 0 Å². The van der Waals surface area contributed by atoms with Crippen molar-refractivity contribution < 1.29 is 9.59 Å². The molecule has 1 unspecified atom stereocenters. The molecule has 1 N–H and O–H groups in total. The van der Waals surface area contributed by atoms with Gasteiger partial charge in [0.2, 0.25) is 5.91 Å². The van der Waals surface area contributed by atoms with Gasteiger partial charge in [-0.1, -0.05) is 58.7 Å². The Balaban J connectivity index is 1.48. The Labute approximate surface area is 240 Å². The number of aryl methyl sites for hydroxylation is 1. The number of aromatic amines is 1. The van der Waals surface area contributed by atoms with Crippen LogP contribution in [-0.2, 0) is 16.0 Å². The second-order valence-corrected chi connectivity index (χ2v) is 10.2. The number of carbonyl (C=O) groups excluding carboxylic acids is 2. The van der Waals surface area contributed by atoms with Crippen LogP contribution in [0.25, 0.3) is 16.9 Å². The second-order valence-electron chi connectivity index (χ2n) is 9.35. The number of hydrogen-bond donors (Lipinski definition) is 1. The molecule has 204 valence electrons. The second kappa shape index (κ2) is 12.0. The fourth-order valence-electron chi connectivity index (χ4n) is 4.55. The highest BCUT2D eigenvalue weighted by Crippen LogP contribution is 2.30. The van der Waals surface area contributed by atoms with E-state index in [-0.39, 0.29) is 30.2 Å². The van der Waals surface area contributed by atoms with Crippen LogP contribution in [0.1, 0.15) is 23.1 Å². The first kappa shape index (κ1) is 27.4. The third-order valence-corrected chi connectivity index (χ3v) is 6.91. The number of aromatic nitrogens is 6. The Bertz CT molecular complexity index is 1650. The predicted molar refractivity (Wildman–Crippen MR) is 154 cm³/mol. The fraction of sp³-hybridized carbons (Fsp3) is 0.214. The highest BCUT2D eigenvalue weighted by Gasteiger charge is 2.27. The lowest BCUT2D eigenvalue weighted by Crippen LogP contribution is -2.42. The van der Waals surface area contributed by atoms with Gasteiger partial charge in [-0.15, -0.1) is 5.10 Å². The number of carbonyl (C=O) groups is 2. The molecule has 0 aliphatic rings. The molecule has 0 saturated carbocycles. The quantitative estimate of drug-likeness (QED) is 0.242. The van der Waals surface area contributed by atoms with Crippen LogP contribution < -0.4 is 4.90 Å². The topological polar surface area (TPSA) is 113 Å². The van der Waals surface area contributed by atoms with Gasteiger partial charge in [-0.3, -0.25) is 9.69 Å². The van der Waals surface area contributed by atoms with Gasteiger partial charge >= 0.3 is 0 Å². The number of imidazole rings is 1. The molecule has 0 aliphatic carbocycles. The van der Waals surface area contributed by atoms with Crippen molar-refractivity contribution in [2.24, 2.45) is 0 Å². The fourth-order valence-corrected chi connectivity index (χ4v) is 4.85. The Morgan fingerprint density at radius 3 is 2.62 bits per heavy atom. The van der Waals surface area contributed by atoms with Crippen LogP contribution in [0.3, 0.4) is 0 Å². The monoisotopic (exact) mass is 576 g/mol. The Morgan fingerprint density at radius 1 is 1.10 bits per heavy atom. The van der Waals surface area contributed by atoms with Crippen LogP contribution in [0.2, 0.25) is 10.2 Å². The largest absolute Gasteiger partial charge is 0.325 e. The van der Waals surface area contributed by atoms with Gasteiger partial charge in [-0.25, -0.2) is 14.6 Å². The van der Waals surface area contributed by atoms with Crippen molar-refractivity contribution in [3.63, 3.8) is 0 Å². The van der Waals surface area contributed by atoms with Gasteiger partial charge in [0.1, 0.15) is 17.6 Å². The zero-order valence-electron chi connectivity index (χ0n) is 21.8. The Morgan fingerprint density at radius 2 is 1.90 bits per heavy atom. The highest BCUT2D eigenvalue weighted by molar-refractivity contribution is 6.31. The van der Waals surface area contributed by atoms with E-state index >= 15 is 0 Å². The summed E-state index contributed by atoms with van der Waals surface area (Å²) in [4.78, 5) is 41.5. The van der Waals surface area contributed by atoms with Crippen molar-refractivity contribution in [1.29, 1.82) is 0 Å². The van der Waals surface area contributed by atoms with Crippen molar-refractivity contribution in [3.05, 3.63) is 94.1 Å². The zero-order chi connectivity index (χ0) is 28.2. The minimum absolute atomic E-state index is 0.0150. The number of H-pyrrole nitrogens is 1. The molecular weight excluding hydrogens is 551 g/mol. The summed E-state index contributed by atoms with van der Waals surface area (Å²) in [5.41, 5.74) is 4.30. The van der Waals surface area contributed by atoms with Crippen molar-refractivity contribution in [2.45, 2.75) is 19.4 Å². The summed E-state index contributed by atoms with van der Waals surface area (Å²) in [7, 11) is 1.85. The number of pyridine rings is 1. The van der Waals surface area contributed by atoms with Crippen LogP contribution in [0.5, 0.6) is 0 Å². The van der Waals surface area contributed by atoms with Gasteiger partial charge < -0.3 is 14.7 Å². The number of benzene rings is 2. The van der Waals surface area contributed by atoms with E-state index in [1.165, 1.54) is 15.8 Å². The first-order valence-corrected chi connectivity index (χ1v) is 13.3. The summed E-state index contributed by atoms with van der Waals surface area (Å²) in [5.74, 6) is 0.377. The highest BCUT2D eigenvalue weighted by atomic mass is 35.5. The Kier molecular flexibility index (Phi) is 8.20. The number of nitrogens with zero attached hydrogens (tertiary/aromatic N) is 7. The summed E-state index contributed by atoms with van der Waals surface area (Å²) < 4.78 is 1.43. The summed E-state index contributed by atoms with van der Waals surface area (Å²) in [6.07, 6.45) is 2.78.